The molecule has 1 aromatic carbocycles. The summed E-state index contributed by atoms with van der Waals surface area (Å²) in [5.74, 6) is -0.781. The second kappa shape index (κ2) is 9.89. The molecule has 28 heavy (non-hydrogen) atoms. The lowest BCUT2D eigenvalue weighted by Crippen LogP contribution is -2.47. The molecule has 2 aliphatic rings. The van der Waals surface area contributed by atoms with Crippen molar-refractivity contribution in [3.8, 4) is 0 Å². The van der Waals surface area contributed by atoms with Gasteiger partial charge in [0.05, 0.1) is 13.2 Å². The van der Waals surface area contributed by atoms with Crippen molar-refractivity contribution >= 4 is 23.2 Å². The number of carbonyl (C=O) groups is 2. The van der Waals surface area contributed by atoms with Gasteiger partial charge in [-0.1, -0.05) is 19.9 Å². The predicted molar refractivity (Wildman–Crippen MR) is 111 cm³/mol. The van der Waals surface area contributed by atoms with Crippen LogP contribution in [0, 0.1) is 5.92 Å². The molecule has 2 aliphatic heterocycles. The Morgan fingerprint density at radius 2 is 1.79 bits per heavy atom. The maximum atomic E-state index is 12.3. The third-order valence-electron chi connectivity index (χ3n) is 5.54. The van der Waals surface area contributed by atoms with Crippen LogP contribution in [0.25, 0.3) is 0 Å². The van der Waals surface area contributed by atoms with Crippen molar-refractivity contribution in [2.75, 3.05) is 56.2 Å². The molecule has 2 N–H and O–H groups in total. The Morgan fingerprint density at radius 1 is 1.07 bits per heavy atom. The highest BCUT2D eigenvalue weighted by atomic mass is 16.5. The fraction of sp³-hybridized carbons (Fsp3) is 0.619. The molecule has 0 radical (unpaired) electrons. The number of nitrogens with one attached hydrogen (secondary N) is 2. The van der Waals surface area contributed by atoms with E-state index in [0.29, 0.717) is 31.4 Å². The Balaban J connectivity index is 1.53. The molecule has 0 saturated carbocycles. The monoisotopic (exact) mass is 388 g/mol. The van der Waals surface area contributed by atoms with E-state index in [9.17, 15) is 9.59 Å². The number of ether oxygens (including phenoxy) is 1. The van der Waals surface area contributed by atoms with Crippen molar-refractivity contribution < 1.29 is 14.3 Å². The molecule has 3 rings (SSSR count). The van der Waals surface area contributed by atoms with Gasteiger partial charge in [-0.3, -0.25) is 14.5 Å². The Hall–Kier alpha value is -2.12. The molecular formula is C21H32N4O3. The molecule has 0 aromatic heterocycles. The topological polar surface area (TPSA) is 73.9 Å². The number of rotatable bonds is 6. The Bertz CT molecular complexity index is 667. The summed E-state index contributed by atoms with van der Waals surface area (Å²) in [7, 11) is 0. The van der Waals surface area contributed by atoms with Gasteiger partial charge in [0, 0.05) is 37.1 Å². The molecule has 0 aliphatic carbocycles. The summed E-state index contributed by atoms with van der Waals surface area (Å²) in [5.41, 5.74) is 1.65. The van der Waals surface area contributed by atoms with Gasteiger partial charge in [-0.05, 0) is 50.0 Å². The first kappa shape index (κ1) is 20.6. The van der Waals surface area contributed by atoms with Crippen LogP contribution in [-0.4, -0.2) is 68.7 Å². The first-order valence-corrected chi connectivity index (χ1v) is 10.3. The zero-order valence-corrected chi connectivity index (χ0v) is 16.9. The Labute approximate surface area is 167 Å². The number of likely N-dealkylation sites (tertiary alicyclic amines) is 1. The summed E-state index contributed by atoms with van der Waals surface area (Å²) < 4.78 is 5.38. The van der Waals surface area contributed by atoms with Crippen LogP contribution >= 0.6 is 0 Å². The second-order valence-electron chi connectivity index (χ2n) is 7.87. The van der Waals surface area contributed by atoms with Gasteiger partial charge < -0.3 is 20.3 Å². The third kappa shape index (κ3) is 5.45. The van der Waals surface area contributed by atoms with Crippen LogP contribution in [0.4, 0.5) is 11.4 Å². The molecule has 2 heterocycles. The molecule has 1 unspecified atom stereocenters. The minimum absolute atomic E-state index is 0.267. The number of amides is 2. The van der Waals surface area contributed by atoms with E-state index < -0.39 is 11.8 Å². The molecule has 7 heteroatoms. The lowest BCUT2D eigenvalue weighted by Gasteiger charge is -2.30. The van der Waals surface area contributed by atoms with Crippen LogP contribution in [0.15, 0.2) is 24.3 Å². The molecule has 2 fully saturated rings. The van der Waals surface area contributed by atoms with Gasteiger partial charge in [-0.25, -0.2) is 0 Å². The maximum Gasteiger partial charge on any atom is 0.313 e. The number of anilines is 2. The van der Waals surface area contributed by atoms with Gasteiger partial charge in [0.25, 0.3) is 0 Å². The van der Waals surface area contributed by atoms with Gasteiger partial charge in [-0.15, -0.1) is 0 Å². The van der Waals surface area contributed by atoms with E-state index in [4.69, 9.17) is 4.74 Å². The number of hydrogen-bond donors (Lipinski definition) is 2. The highest BCUT2D eigenvalue weighted by Gasteiger charge is 2.26. The smallest absolute Gasteiger partial charge is 0.313 e. The van der Waals surface area contributed by atoms with E-state index in [2.05, 4.69) is 34.3 Å². The van der Waals surface area contributed by atoms with Crippen molar-refractivity contribution in [1.82, 2.24) is 10.2 Å². The highest BCUT2D eigenvalue weighted by Crippen LogP contribution is 2.20. The fourth-order valence-corrected chi connectivity index (χ4v) is 3.93. The minimum atomic E-state index is -0.622. The van der Waals surface area contributed by atoms with E-state index in [0.717, 1.165) is 31.9 Å². The first-order chi connectivity index (χ1) is 13.5. The summed E-state index contributed by atoms with van der Waals surface area (Å²) in [6.45, 7) is 10.0. The number of morpholine rings is 1. The summed E-state index contributed by atoms with van der Waals surface area (Å²) in [6, 6.07) is 7.86. The highest BCUT2D eigenvalue weighted by molar-refractivity contribution is 6.39. The van der Waals surface area contributed by atoms with E-state index >= 15 is 0 Å². The molecule has 7 nitrogen and oxygen atoms in total. The molecule has 1 atom stereocenters. The second-order valence-corrected chi connectivity index (χ2v) is 7.87. The van der Waals surface area contributed by atoms with Gasteiger partial charge in [0.15, 0.2) is 0 Å². The van der Waals surface area contributed by atoms with Crippen LogP contribution in [0.3, 0.4) is 0 Å². The average Bonchev–Trinajstić information content (AvgIpc) is 3.23. The summed E-state index contributed by atoms with van der Waals surface area (Å²) in [4.78, 5) is 29.3. The van der Waals surface area contributed by atoms with Crippen molar-refractivity contribution in [2.24, 2.45) is 5.92 Å². The predicted octanol–water partition coefficient (Wildman–Crippen LogP) is 1.70. The van der Waals surface area contributed by atoms with Crippen LogP contribution in [0.5, 0.6) is 0 Å². The Kier molecular flexibility index (Phi) is 7.28. The zero-order valence-electron chi connectivity index (χ0n) is 16.9. The van der Waals surface area contributed by atoms with Crippen LogP contribution in [0.1, 0.15) is 26.7 Å². The first-order valence-electron chi connectivity index (χ1n) is 10.3. The van der Waals surface area contributed by atoms with Crippen LogP contribution in [-0.2, 0) is 14.3 Å². The van der Waals surface area contributed by atoms with Crippen molar-refractivity contribution in [2.45, 2.75) is 32.7 Å². The lowest BCUT2D eigenvalue weighted by molar-refractivity contribution is -0.136. The van der Waals surface area contributed by atoms with Crippen LogP contribution < -0.4 is 15.5 Å². The number of hydrogen-bond acceptors (Lipinski definition) is 5. The molecule has 0 bridgehead atoms. The quantitative estimate of drug-likeness (QED) is 0.726. The van der Waals surface area contributed by atoms with Gasteiger partial charge >= 0.3 is 11.8 Å². The normalized spacial score (nSPS) is 18.9. The van der Waals surface area contributed by atoms with Gasteiger partial charge in [0.2, 0.25) is 0 Å². The van der Waals surface area contributed by atoms with E-state index in [1.165, 1.54) is 12.8 Å². The van der Waals surface area contributed by atoms with Crippen molar-refractivity contribution in [1.29, 1.82) is 0 Å². The van der Waals surface area contributed by atoms with Crippen molar-refractivity contribution in [3.05, 3.63) is 24.3 Å². The molecular weight excluding hydrogens is 356 g/mol. The maximum absolute atomic E-state index is 12.3. The molecule has 1 aromatic rings. The Morgan fingerprint density at radius 3 is 2.46 bits per heavy atom. The van der Waals surface area contributed by atoms with Crippen molar-refractivity contribution in [3.63, 3.8) is 0 Å². The van der Waals surface area contributed by atoms with E-state index in [1.807, 2.05) is 18.2 Å². The summed E-state index contributed by atoms with van der Waals surface area (Å²) >= 11 is 0. The zero-order chi connectivity index (χ0) is 19.9. The SMILES string of the molecule is CC(C)C(CNC(=O)C(=O)Nc1cccc(N2CCOCC2)c1)N1CCCC1. The number of nitrogens with zero attached hydrogens (tertiary/aromatic N) is 2. The molecule has 2 saturated heterocycles. The fourth-order valence-electron chi connectivity index (χ4n) is 3.93. The standard InChI is InChI=1S/C21H32N4O3/c1-16(2)19(25-8-3-4-9-25)15-22-20(26)21(27)23-17-6-5-7-18(14-17)24-10-12-28-13-11-24/h5-7,14,16,19H,3-4,8-13,15H2,1-2H3,(H,22,26)(H,23,27). The largest absolute Gasteiger partial charge is 0.378 e. The van der Waals surface area contributed by atoms with Gasteiger partial charge in [-0.2, -0.15) is 0 Å². The lowest BCUT2D eigenvalue weighted by atomic mass is 10.0. The summed E-state index contributed by atoms with van der Waals surface area (Å²) in [5, 5.41) is 5.54. The van der Waals surface area contributed by atoms with Gasteiger partial charge in [0.1, 0.15) is 0 Å². The van der Waals surface area contributed by atoms with E-state index in [1.54, 1.807) is 6.07 Å². The molecule has 2 amide bonds. The number of benzene rings is 1. The van der Waals surface area contributed by atoms with E-state index in [-0.39, 0.29) is 6.04 Å². The van der Waals surface area contributed by atoms with Crippen LogP contribution in [0.2, 0.25) is 0 Å². The number of carbonyl (C=O) groups excluding carboxylic acids is 2. The summed E-state index contributed by atoms with van der Waals surface area (Å²) in [6.07, 6.45) is 2.41. The molecule has 154 valence electrons. The third-order valence-corrected chi connectivity index (χ3v) is 5.54. The minimum Gasteiger partial charge on any atom is -0.378 e. The average molecular weight is 389 g/mol. The molecule has 0 spiro atoms.